The van der Waals surface area contributed by atoms with E-state index in [0.717, 1.165) is 42.8 Å². The zero-order valence-corrected chi connectivity index (χ0v) is 28.6. The minimum atomic E-state index is -1.27. The summed E-state index contributed by atoms with van der Waals surface area (Å²) in [5, 5.41) is 3.42. The van der Waals surface area contributed by atoms with Gasteiger partial charge in [-0.2, -0.15) is 0 Å². The van der Waals surface area contributed by atoms with Gasteiger partial charge in [-0.1, -0.05) is 11.9 Å². The highest BCUT2D eigenvalue weighted by molar-refractivity contribution is 7.96. The third-order valence-electron chi connectivity index (χ3n) is 7.72. The number of carbonyl (C=O) groups is 2. The number of carbonyl (C=O) groups excluding carboxylic acids is 2. The van der Waals surface area contributed by atoms with E-state index in [4.69, 9.17) is 24.4 Å². The summed E-state index contributed by atoms with van der Waals surface area (Å²) in [4.78, 5) is 34.9. The van der Waals surface area contributed by atoms with Crippen molar-refractivity contribution in [3.63, 3.8) is 0 Å². The lowest BCUT2D eigenvalue weighted by Gasteiger charge is -2.35. The van der Waals surface area contributed by atoms with Crippen molar-refractivity contribution in [3.8, 4) is 11.5 Å². The number of ether oxygens (including phenoxy) is 3. The lowest BCUT2D eigenvalue weighted by Crippen LogP contribution is -2.43. The van der Waals surface area contributed by atoms with E-state index in [1.54, 1.807) is 38.8 Å². The van der Waals surface area contributed by atoms with Gasteiger partial charge in [-0.3, -0.25) is 9.69 Å². The van der Waals surface area contributed by atoms with Gasteiger partial charge in [0.05, 0.1) is 37.2 Å². The Morgan fingerprint density at radius 2 is 1.69 bits per heavy atom. The van der Waals surface area contributed by atoms with Gasteiger partial charge in [0.15, 0.2) is 34.5 Å². The minimum Gasteiger partial charge on any atom is -0.494 e. The van der Waals surface area contributed by atoms with Crippen LogP contribution in [0.2, 0.25) is 0 Å². The van der Waals surface area contributed by atoms with Gasteiger partial charge in [-0.25, -0.2) is 22.9 Å². The van der Waals surface area contributed by atoms with Crippen LogP contribution in [0.5, 0.6) is 11.5 Å². The van der Waals surface area contributed by atoms with Crippen LogP contribution in [0.25, 0.3) is 11.0 Å². The second kappa shape index (κ2) is 13.8. The summed E-state index contributed by atoms with van der Waals surface area (Å²) in [6, 6.07) is 8.22. The van der Waals surface area contributed by atoms with Crippen LogP contribution < -0.4 is 30.3 Å². The van der Waals surface area contributed by atoms with E-state index in [0.29, 0.717) is 17.2 Å². The average molecular weight is 685 g/mol. The Morgan fingerprint density at radius 3 is 2.25 bits per heavy atom. The van der Waals surface area contributed by atoms with Crippen molar-refractivity contribution in [1.82, 2.24) is 9.29 Å². The predicted molar refractivity (Wildman–Crippen MR) is 183 cm³/mol. The molecule has 0 spiro atoms. The van der Waals surface area contributed by atoms with Crippen LogP contribution in [0.4, 0.5) is 42.1 Å². The van der Waals surface area contributed by atoms with Crippen LogP contribution in [-0.4, -0.2) is 80.5 Å². The second-order valence-corrected chi connectivity index (χ2v) is 12.9. The molecule has 12 nitrogen and oxygen atoms in total. The van der Waals surface area contributed by atoms with Crippen LogP contribution in [0.3, 0.4) is 0 Å². The van der Waals surface area contributed by atoms with Crippen LogP contribution in [0.1, 0.15) is 36.9 Å². The van der Waals surface area contributed by atoms with Crippen molar-refractivity contribution in [2.24, 2.45) is 0 Å². The monoisotopic (exact) mass is 684 g/mol. The molecule has 0 radical (unpaired) electrons. The Balaban J connectivity index is 1.56. The number of nitrogen functional groups attached to an aromatic ring is 1. The normalized spacial score (nSPS) is 13.8. The zero-order chi connectivity index (χ0) is 34.9. The zero-order valence-electron chi connectivity index (χ0n) is 27.8. The average Bonchev–Trinajstić information content (AvgIpc) is 3.43. The molecule has 4 aromatic rings. The Hall–Kier alpha value is -4.76. The van der Waals surface area contributed by atoms with Crippen LogP contribution >= 0.6 is 11.9 Å². The maximum absolute atomic E-state index is 15.5. The number of rotatable bonds is 9. The summed E-state index contributed by atoms with van der Waals surface area (Å²) in [7, 11) is 3.69. The Labute approximate surface area is 281 Å². The smallest absolute Gasteiger partial charge is 0.414 e. The molecule has 1 aliphatic heterocycles. The number of anilines is 5. The molecule has 5 rings (SSSR count). The second-order valence-electron chi connectivity index (χ2n) is 12.0. The van der Waals surface area contributed by atoms with Gasteiger partial charge in [0.1, 0.15) is 22.7 Å². The fraction of sp³-hybridized carbons (Fsp3) is 0.364. The van der Waals surface area contributed by atoms with Gasteiger partial charge in [0.25, 0.3) is 0 Å². The Bertz CT molecular complexity index is 1830. The lowest BCUT2D eigenvalue weighted by molar-refractivity contribution is 0.0589. The number of methoxy groups -OCH3 is 2. The van der Waals surface area contributed by atoms with Gasteiger partial charge >= 0.3 is 6.09 Å². The molecule has 1 fully saturated rings. The van der Waals surface area contributed by atoms with E-state index >= 15 is 8.78 Å². The molecule has 48 heavy (non-hydrogen) atoms. The molecular formula is C33H38F2N6O6S. The van der Waals surface area contributed by atoms with E-state index < -0.39 is 51.9 Å². The summed E-state index contributed by atoms with van der Waals surface area (Å²) >= 11 is 1.73. The number of benzene rings is 2. The summed E-state index contributed by atoms with van der Waals surface area (Å²) < 4.78 is 54.6. The maximum Gasteiger partial charge on any atom is 0.414 e. The molecule has 2 aromatic carbocycles. The molecule has 15 heteroatoms. The number of nitrogens with one attached hydrogen (secondary N) is 1. The Kier molecular flexibility index (Phi) is 9.91. The molecule has 0 atom stereocenters. The molecule has 2 aromatic heterocycles. The van der Waals surface area contributed by atoms with Crippen molar-refractivity contribution in [2.75, 3.05) is 74.6 Å². The van der Waals surface area contributed by atoms with Gasteiger partial charge in [0, 0.05) is 45.0 Å². The van der Waals surface area contributed by atoms with Gasteiger partial charge in [0.2, 0.25) is 5.78 Å². The highest BCUT2D eigenvalue weighted by Crippen LogP contribution is 2.40. The molecule has 256 valence electrons. The number of amides is 1. The molecule has 1 amide bonds. The van der Waals surface area contributed by atoms with Gasteiger partial charge < -0.3 is 34.6 Å². The molecule has 0 bridgehead atoms. The number of pyridine rings is 1. The number of furan rings is 1. The standard InChI is InChI=1S/C33H38F2N6O6S/c1-33(2,3)47-32(43)39(4)29-19-15-25(38-21-9-8-18(14-20(21)36)40-10-12-41(48-7)13-11-40)37-17-24(19)46-31(29)30(42)26-27(34)22(44-5)16-23(45-6)28(26)35/h8-9,14-17H,10-13,36H2,1-7H3,(H,37,38). The van der Waals surface area contributed by atoms with E-state index in [-0.39, 0.29) is 16.7 Å². The number of fused-ring (bicyclic) bond motifs is 1. The first-order valence-corrected chi connectivity index (χ1v) is 16.2. The van der Waals surface area contributed by atoms with Crippen LogP contribution in [0.15, 0.2) is 40.9 Å². The third kappa shape index (κ3) is 6.92. The predicted octanol–water partition coefficient (Wildman–Crippen LogP) is 6.45. The van der Waals surface area contributed by atoms with Crippen molar-refractivity contribution in [1.29, 1.82) is 0 Å². The SMILES string of the molecule is COc1cc(OC)c(F)c(C(=O)c2oc3cnc(Nc4ccc(N5CCN(SC)CC5)cc4N)cc3c2N(C)C(=O)OC(C)(C)C)c1F. The summed E-state index contributed by atoms with van der Waals surface area (Å²) in [6.45, 7) is 8.65. The van der Waals surface area contributed by atoms with Crippen molar-refractivity contribution >= 4 is 63.4 Å². The fourth-order valence-corrected chi connectivity index (χ4v) is 5.82. The highest BCUT2D eigenvalue weighted by Gasteiger charge is 2.35. The van der Waals surface area contributed by atoms with E-state index in [1.165, 1.54) is 27.5 Å². The molecular weight excluding hydrogens is 646 g/mol. The lowest BCUT2D eigenvalue weighted by atomic mass is 10.0. The van der Waals surface area contributed by atoms with E-state index in [1.807, 2.05) is 18.2 Å². The maximum atomic E-state index is 15.5. The summed E-state index contributed by atoms with van der Waals surface area (Å²) in [5.41, 5.74) is 6.58. The van der Waals surface area contributed by atoms with Crippen LogP contribution in [0, 0.1) is 11.6 Å². The fourth-order valence-electron chi connectivity index (χ4n) is 5.29. The first-order chi connectivity index (χ1) is 22.8. The number of nitrogens with two attached hydrogens (primary N) is 1. The molecule has 1 saturated heterocycles. The van der Waals surface area contributed by atoms with Crippen LogP contribution in [-0.2, 0) is 4.74 Å². The number of piperazine rings is 1. The minimum absolute atomic E-state index is 0.0673. The van der Waals surface area contributed by atoms with Crippen molar-refractivity contribution < 1.29 is 37.0 Å². The number of halogens is 2. The number of nitrogens with zero attached hydrogens (tertiary/aromatic N) is 4. The first kappa shape index (κ1) is 34.6. The topological polar surface area (TPSA) is 136 Å². The third-order valence-corrected chi connectivity index (χ3v) is 8.60. The van der Waals surface area contributed by atoms with Crippen molar-refractivity contribution in [3.05, 3.63) is 59.5 Å². The van der Waals surface area contributed by atoms with Crippen molar-refractivity contribution in [2.45, 2.75) is 26.4 Å². The van der Waals surface area contributed by atoms with E-state index in [2.05, 4.69) is 25.8 Å². The molecule has 1 aliphatic rings. The molecule has 3 N–H and O–H groups in total. The number of hydrogen-bond acceptors (Lipinski definition) is 12. The quantitative estimate of drug-likeness (QED) is 0.114. The van der Waals surface area contributed by atoms with E-state index in [9.17, 15) is 9.59 Å². The summed E-state index contributed by atoms with van der Waals surface area (Å²) in [5.74, 6) is -4.81. The molecule has 0 aliphatic carbocycles. The largest absolute Gasteiger partial charge is 0.494 e. The highest BCUT2D eigenvalue weighted by atomic mass is 32.2. The number of hydrogen-bond donors (Lipinski definition) is 2. The number of ketones is 1. The van der Waals surface area contributed by atoms with Gasteiger partial charge in [-0.05, 0) is 51.3 Å². The first-order valence-electron chi connectivity index (χ1n) is 15.0. The van der Waals surface area contributed by atoms with Gasteiger partial charge in [-0.15, -0.1) is 0 Å². The molecule has 3 heterocycles. The molecule has 0 saturated carbocycles. The number of aromatic nitrogens is 1. The molecule has 0 unspecified atom stereocenters. The summed E-state index contributed by atoms with van der Waals surface area (Å²) in [6.07, 6.45) is 2.56. The Morgan fingerprint density at radius 1 is 1.04 bits per heavy atom.